The van der Waals surface area contributed by atoms with E-state index in [0.29, 0.717) is 16.8 Å². The summed E-state index contributed by atoms with van der Waals surface area (Å²) in [6.45, 7) is 7.18. The van der Waals surface area contributed by atoms with Crippen LogP contribution in [0.1, 0.15) is 24.2 Å². The number of nitrogens with zero attached hydrogens (tertiary/aromatic N) is 5. The van der Waals surface area contributed by atoms with E-state index in [1.54, 1.807) is 11.6 Å². The lowest BCUT2D eigenvalue weighted by atomic mass is 10.0. The van der Waals surface area contributed by atoms with Gasteiger partial charge in [-0.15, -0.1) is 0 Å². The van der Waals surface area contributed by atoms with Gasteiger partial charge in [-0.25, -0.2) is 9.97 Å². The van der Waals surface area contributed by atoms with Crippen LogP contribution in [0.4, 0.5) is 5.82 Å². The van der Waals surface area contributed by atoms with E-state index in [1.165, 1.54) is 0 Å². The van der Waals surface area contributed by atoms with Gasteiger partial charge in [0.15, 0.2) is 0 Å². The molecule has 0 spiro atoms. The first-order valence-corrected chi connectivity index (χ1v) is 10.5. The molecule has 3 N–H and O–H groups in total. The van der Waals surface area contributed by atoms with Crippen LogP contribution < -0.4 is 10.2 Å². The number of nitrogens with one attached hydrogen (secondary N) is 1. The number of rotatable bonds is 3. The topological polar surface area (TPSA) is 99.3 Å². The largest absolute Gasteiger partial charge is 0.507 e. The molecule has 4 aromatic rings. The minimum Gasteiger partial charge on any atom is -0.507 e. The van der Waals surface area contributed by atoms with Gasteiger partial charge < -0.3 is 20.4 Å². The fourth-order valence-corrected chi connectivity index (χ4v) is 4.28. The van der Waals surface area contributed by atoms with Gasteiger partial charge in [0.1, 0.15) is 11.6 Å². The van der Waals surface area contributed by atoms with Gasteiger partial charge in [-0.05, 0) is 38.1 Å². The maximum absolute atomic E-state index is 10.9. The van der Waals surface area contributed by atoms with Crippen LogP contribution in [0.25, 0.3) is 33.2 Å². The minimum absolute atomic E-state index is 0.169. The van der Waals surface area contributed by atoms with Crippen LogP contribution in [-0.2, 0) is 7.05 Å². The summed E-state index contributed by atoms with van der Waals surface area (Å²) in [6.07, 6.45) is 1.24. The van der Waals surface area contributed by atoms with E-state index < -0.39 is 6.10 Å². The lowest BCUT2D eigenvalue weighted by Gasteiger charge is -2.29. The third-order valence-corrected chi connectivity index (χ3v) is 5.96. The summed E-state index contributed by atoms with van der Waals surface area (Å²) in [5, 5.41) is 30.1. The van der Waals surface area contributed by atoms with Gasteiger partial charge in [-0.3, -0.25) is 4.68 Å². The average molecular weight is 419 g/mol. The number of aliphatic hydroxyl groups is 1. The van der Waals surface area contributed by atoms with E-state index in [1.807, 2.05) is 44.4 Å². The summed E-state index contributed by atoms with van der Waals surface area (Å²) in [4.78, 5) is 11.9. The smallest absolute Gasteiger partial charge is 0.130 e. The Kier molecular flexibility index (Phi) is 4.75. The number of benzene rings is 1. The molecule has 1 aliphatic heterocycles. The molecule has 1 atom stereocenters. The third kappa shape index (κ3) is 3.37. The highest BCUT2D eigenvalue weighted by molar-refractivity contribution is 5.92. The van der Waals surface area contributed by atoms with Crippen molar-refractivity contribution in [1.82, 2.24) is 25.1 Å². The number of aliphatic hydroxyl groups excluding tert-OH is 1. The number of fused-ring (bicyclic) bond motifs is 2. The second-order valence-corrected chi connectivity index (χ2v) is 8.19. The second-order valence-electron chi connectivity index (χ2n) is 8.19. The van der Waals surface area contributed by atoms with Crippen LogP contribution in [0.5, 0.6) is 5.75 Å². The number of phenolic OH excluding ortho intramolecular Hbond substituents is 1. The predicted octanol–water partition coefficient (Wildman–Crippen LogP) is 2.66. The van der Waals surface area contributed by atoms with Crippen LogP contribution in [0.2, 0.25) is 0 Å². The molecule has 1 aliphatic rings. The lowest BCUT2D eigenvalue weighted by Crippen LogP contribution is -2.43. The van der Waals surface area contributed by atoms with E-state index in [-0.39, 0.29) is 5.75 Å². The van der Waals surface area contributed by atoms with Crippen molar-refractivity contribution in [2.75, 3.05) is 31.1 Å². The quantitative estimate of drug-likeness (QED) is 0.470. The Balaban J connectivity index is 1.67. The molecular weight excluding hydrogens is 392 g/mol. The number of phenols is 1. The lowest BCUT2D eigenvalue weighted by molar-refractivity contribution is 0.200. The summed E-state index contributed by atoms with van der Waals surface area (Å²) in [5.74, 6) is 1.02. The van der Waals surface area contributed by atoms with Gasteiger partial charge in [0, 0.05) is 61.5 Å². The zero-order valence-corrected chi connectivity index (χ0v) is 17.9. The van der Waals surface area contributed by atoms with Gasteiger partial charge in [-0.1, -0.05) is 0 Å². The molecule has 0 amide bonds. The van der Waals surface area contributed by atoms with E-state index in [4.69, 9.17) is 9.97 Å². The maximum atomic E-state index is 10.9. The van der Waals surface area contributed by atoms with E-state index in [9.17, 15) is 10.2 Å². The first-order chi connectivity index (χ1) is 14.9. The van der Waals surface area contributed by atoms with Crippen molar-refractivity contribution in [1.29, 1.82) is 0 Å². The van der Waals surface area contributed by atoms with Crippen molar-refractivity contribution in [3.8, 4) is 17.0 Å². The van der Waals surface area contributed by atoms with E-state index in [0.717, 1.165) is 59.5 Å². The normalized spacial score (nSPS) is 15.7. The number of hydrogen-bond donors (Lipinski definition) is 3. The molecule has 0 saturated carbocycles. The third-order valence-electron chi connectivity index (χ3n) is 5.96. The fourth-order valence-electron chi connectivity index (χ4n) is 4.28. The molecule has 0 radical (unpaired) electrons. The molecule has 1 unspecified atom stereocenters. The molecule has 8 nitrogen and oxygen atoms in total. The van der Waals surface area contributed by atoms with Crippen molar-refractivity contribution in [3.05, 3.63) is 41.6 Å². The molecule has 3 aromatic heterocycles. The summed E-state index contributed by atoms with van der Waals surface area (Å²) < 4.78 is 1.74. The van der Waals surface area contributed by atoms with Gasteiger partial charge >= 0.3 is 0 Å². The number of aromatic nitrogens is 4. The number of pyridine rings is 2. The van der Waals surface area contributed by atoms with Crippen molar-refractivity contribution in [2.45, 2.75) is 20.0 Å². The molecule has 0 bridgehead atoms. The number of anilines is 1. The van der Waals surface area contributed by atoms with Crippen molar-refractivity contribution >= 4 is 27.8 Å². The summed E-state index contributed by atoms with van der Waals surface area (Å²) >= 11 is 0. The highest BCUT2D eigenvalue weighted by Crippen LogP contribution is 2.37. The van der Waals surface area contributed by atoms with Crippen molar-refractivity contribution < 1.29 is 10.2 Å². The summed E-state index contributed by atoms with van der Waals surface area (Å²) in [6, 6.07) is 7.63. The van der Waals surface area contributed by atoms with Gasteiger partial charge in [-0.2, -0.15) is 5.10 Å². The predicted molar refractivity (Wildman–Crippen MR) is 121 cm³/mol. The second kappa shape index (κ2) is 7.47. The van der Waals surface area contributed by atoms with Crippen molar-refractivity contribution in [3.63, 3.8) is 0 Å². The first-order valence-electron chi connectivity index (χ1n) is 10.5. The molecule has 1 fully saturated rings. The molecule has 1 aromatic carbocycles. The Bertz CT molecular complexity index is 1290. The SMILES string of the molecule is Cc1c(O)c(-c2ccc3nc(N4CCNCC4)cc(C(C)O)c3n2)cc2cn(C)nc12. The van der Waals surface area contributed by atoms with Crippen LogP contribution in [0, 0.1) is 6.92 Å². The molecular formula is C23H26N6O2. The molecule has 0 aliphatic carbocycles. The highest BCUT2D eigenvalue weighted by Gasteiger charge is 2.19. The number of aryl methyl sites for hydroxylation is 2. The van der Waals surface area contributed by atoms with E-state index in [2.05, 4.69) is 15.3 Å². The first kappa shape index (κ1) is 19.7. The zero-order chi connectivity index (χ0) is 21.7. The van der Waals surface area contributed by atoms with E-state index >= 15 is 0 Å². The van der Waals surface area contributed by atoms with Gasteiger partial charge in [0.25, 0.3) is 0 Å². The Morgan fingerprint density at radius 1 is 1.10 bits per heavy atom. The molecule has 8 heteroatoms. The Hall–Kier alpha value is -3.23. The Labute approximate surface area is 180 Å². The summed E-state index contributed by atoms with van der Waals surface area (Å²) in [7, 11) is 1.86. The maximum Gasteiger partial charge on any atom is 0.130 e. The number of piperazine rings is 1. The molecule has 1 saturated heterocycles. The molecule has 31 heavy (non-hydrogen) atoms. The highest BCUT2D eigenvalue weighted by atomic mass is 16.3. The van der Waals surface area contributed by atoms with Crippen LogP contribution in [0.15, 0.2) is 30.5 Å². The van der Waals surface area contributed by atoms with Crippen LogP contribution >= 0.6 is 0 Å². The Morgan fingerprint density at radius 2 is 1.87 bits per heavy atom. The standard InChI is InChI=1S/C23H26N6O2/c1-13-21-15(12-28(3)27-21)10-17(23(13)31)18-4-5-19-22(26-18)16(14(2)30)11-20(25-19)29-8-6-24-7-9-29/h4-5,10-12,14,24,30-31H,6-9H2,1-3H3. The fraction of sp³-hybridized carbons (Fsp3) is 0.348. The molecule has 4 heterocycles. The molecule has 5 rings (SSSR count). The molecule has 160 valence electrons. The minimum atomic E-state index is -0.689. The van der Waals surface area contributed by atoms with Crippen LogP contribution in [-0.4, -0.2) is 56.1 Å². The van der Waals surface area contributed by atoms with Gasteiger partial charge in [0.2, 0.25) is 0 Å². The number of hydrogen-bond acceptors (Lipinski definition) is 7. The zero-order valence-electron chi connectivity index (χ0n) is 17.9. The summed E-state index contributed by atoms with van der Waals surface area (Å²) in [5.41, 5.74) is 4.89. The van der Waals surface area contributed by atoms with Crippen LogP contribution in [0.3, 0.4) is 0 Å². The monoisotopic (exact) mass is 418 g/mol. The Morgan fingerprint density at radius 3 is 2.61 bits per heavy atom. The van der Waals surface area contributed by atoms with Crippen molar-refractivity contribution in [2.24, 2.45) is 7.05 Å². The van der Waals surface area contributed by atoms with Gasteiger partial charge in [0.05, 0.1) is 28.3 Å². The number of aromatic hydroxyl groups is 1. The average Bonchev–Trinajstić information content (AvgIpc) is 3.16.